The first-order valence-electron chi connectivity index (χ1n) is 5.83. The molecule has 0 aromatic heterocycles. The van der Waals surface area contributed by atoms with E-state index in [-0.39, 0.29) is 17.6 Å². The smallest absolute Gasteiger partial charge is 0.319 e. The predicted molar refractivity (Wildman–Crippen MR) is 65.8 cm³/mol. The summed E-state index contributed by atoms with van der Waals surface area (Å²) >= 11 is 0. The van der Waals surface area contributed by atoms with E-state index in [0.717, 1.165) is 19.4 Å². The summed E-state index contributed by atoms with van der Waals surface area (Å²) in [5.41, 5.74) is 0.331. The molecule has 2 rings (SSSR count). The Kier molecular flexibility index (Phi) is 3.88. The summed E-state index contributed by atoms with van der Waals surface area (Å²) < 4.78 is 5.37. The number of benzene rings is 1. The second-order valence-electron chi connectivity index (χ2n) is 4.21. The third-order valence-corrected chi connectivity index (χ3v) is 2.67. The third-order valence-electron chi connectivity index (χ3n) is 2.67. The number of amides is 2. The molecule has 0 saturated carbocycles. The maximum Gasteiger partial charge on any atom is 0.319 e. The van der Waals surface area contributed by atoms with Crippen LogP contribution in [0.3, 0.4) is 0 Å². The fourth-order valence-electron chi connectivity index (χ4n) is 1.85. The SMILES string of the molecule is O=C(NCC1CCCO1)Nc1cc(O)cc(O)c1. The van der Waals surface area contributed by atoms with Crippen LogP contribution in [-0.4, -0.2) is 35.5 Å². The van der Waals surface area contributed by atoms with Crippen LogP contribution in [-0.2, 0) is 4.74 Å². The van der Waals surface area contributed by atoms with E-state index in [2.05, 4.69) is 10.6 Å². The Morgan fingerprint density at radius 1 is 1.33 bits per heavy atom. The molecule has 1 unspecified atom stereocenters. The summed E-state index contributed by atoms with van der Waals surface area (Å²) in [5.74, 6) is -0.214. The van der Waals surface area contributed by atoms with Gasteiger partial charge in [0, 0.05) is 37.0 Å². The summed E-state index contributed by atoms with van der Waals surface area (Å²) in [6.07, 6.45) is 2.05. The minimum Gasteiger partial charge on any atom is -0.508 e. The summed E-state index contributed by atoms with van der Waals surface area (Å²) in [6.45, 7) is 1.20. The molecule has 0 spiro atoms. The lowest BCUT2D eigenvalue weighted by molar-refractivity contribution is 0.112. The number of aromatic hydroxyl groups is 2. The van der Waals surface area contributed by atoms with Crippen LogP contribution in [0.1, 0.15) is 12.8 Å². The first-order valence-corrected chi connectivity index (χ1v) is 5.83. The van der Waals surface area contributed by atoms with Crippen LogP contribution in [0.5, 0.6) is 11.5 Å². The molecule has 1 fully saturated rings. The molecular formula is C12H16N2O4. The highest BCUT2D eigenvalue weighted by molar-refractivity contribution is 5.89. The highest BCUT2D eigenvalue weighted by Crippen LogP contribution is 2.23. The summed E-state index contributed by atoms with van der Waals surface area (Å²) in [6, 6.07) is 3.50. The number of hydrogen-bond acceptors (Lipinski definition) is 4. The normalized spacial score (nSPS) is 18.6. The summed E-state index contributed by atoms with van der Waals surface area (Å²) in [5, 5.41) is 23.7. The van der Waals surface area contributed by atoms with Gasteiger partial charge in [-0.05, 0) is 12.8 Å². The molecule has 0 radical (unpaired) electrons. The van der Waals surface area contributed by atoms with Crippen LogP contribution in [0.2, 0.25) is 0 Å². The van der Waals surface area contributed by atoms with Crippen molar-refractivity contribution in [2.45, 2.75) is 18.9 Å². The summed E-state index contributed by atoms with van der Waals surface area (Å²) in [7, 11) is 0. The first kappa shape index (κ1) is 12.5. The van der Waals surface area contributed by atoms with E-state index in [0.29, 0.717) is 12.2 Å². The number of ether oxygens (including phenoxy) is 1. The topological polar surface area (TPSA) is 90.8 Å². The number of hydrogen-bond donors (Lipinski definition) is 4. The Labute approximate surface area is 105 Å². The van der Waals surface area contributed by atoms with Crippen molar-refractivity contribution in [2.75, 3.05) is 18.5 Å². The fourth-order valence-corrected chi connectivity index (χ4v) is 1.85. The Morgan fingerprint density at radius 3 is 2.67 bits per heavy atom. The molecule has 2 amide bonds. The van der Waals surface area contributed by atoms with E-state index >= 15 is 0 Å². The largest absolute Gasteiger partial charge is 0.508 e. The Hall–Kier alpha value is -1.95. The number of rotatable bonds is 3. The van der Waals surface area contributed by atoms with Crippen LogP contribution in [0.25, 0.3) is 0 Å². The molecule has 1 aromatic rings. The van der Waals surface area contributed by atoms with Crippen LogP contribution in [0.15, 0.2) is 18.2 Å². The van der Waals surface area contributed by atoms with Gasteiger partial charge in [-0.1, -0.05) is 0 Å². The van der Waals surface area contributed by atoms with Gasteiger partial charge in [-0.3, -0.25) is 0 Å². The number of phenolic OH excluding ortho intramolecular Hbond substituents is 2. The number of carbonyl (C=O) groups is 1. The minimum atomic E-state index is -0.393. The Balaban J connectivity index is 1.82. The van der Waals surface area contributed by atoms with Crippen LogP contribution in [0.4, 0.5) is 10.5 Å². The van der Waals surface area contributed by atoms with Gasteiger partial charge in [0.1, 0.15) is 11.5 Å². The van der Waals surface area contributed by atoms with Crippen molar-refractivity contribution in [2.24, 2.45) is 0 Å². The molecule has 0 aliphatic carbocycles. The molecule has 4 N–H and O–H groups in total. The lowest BCUT2D eigenvalue weighted by Gasteiger charge is -2.12. The van der Waals surface area contributed by atoms with Gasteiger partial charge in [0.25, 0.3) is 0 Å². The third kappa shape index (κ3) is 3.53. The predicted octanol–water partition coefficient (Wildman–Crippen LogP) is 1.40. The molecule has 1 atom stereocenters. The van der Waals surface area contributed by atoms with E-state index < -0.39 is 6.03 Å². The van der Waals surface area contributed by atoms with Crippen molar-refractivity contribution in [3.05, 3.63) is 18.2 Å². The lowest BCUT2D eigenvalue weighted by atomic mass is 10.2. The molecule has 1 aromatic carbocycles. The van der Waals surface area contributed by atoms with E-state index in [1.54, 1.807) is 0 Å². The molecule has 98 valence electrons. The average Bonchev–Trinajstić information content (AvgIpc) is 2.77. The fraction of sp³-hybridized carbons (Fsp3) is 0.417. The molecule has 6 heteroatoms. The van der Waals surface area contributed by atoms with Gasteiger partial charge in [-0.2, -0.15) is 0 Å². The van der Waals surface area contributed by atoms with Crippen LogP contribution >= 0.6 is 0 Å². The van der Waals surface area contributed by atoms with Crippen molar-refractivity contribution in [1.82, 2.24) is 5.32 Å². The molecule has 18 heavy (non-hydrogen) atoms. The molecule has 1 aliphatic heterocycles. The van der Waals surface area contributed by atoms with Gasteiger partial charge >= 0.3 is 6.03 Å². The monoisotopic (exact) mass is 252 g/mol. The Morgan fingerprint density at radius 2 is 2.06 bits per heavy atom. The van der Waals surface area contributed by atoms with E-state index in [1.165, 1.54) is 18.2 Å². The quantitative estimate of drug-likeness (QED) is 0.654. The van der Waals surface area contributed by atoms with E-state index in [1.807, 2.05) is 0 Å². The van der Waals surface area contributed by atoms with Crippen LogP contribution in [0, 0.1) is 0 Å². The zero-order valence-electron chi connectivity index (χ0n) is 9.85. The minimum absolute atomic E-state index is 0.0772. The van der Waals surface area contributed by atoms with E-state index in [9.17, 15) is 15.0 Å². The molecule has 1 aliphatic rings. The number of nitrogens with one attached hydrogen (secondary N) is 2. The Bertz CT molecular complexity index is 410. The van der Waals surface area contributed by atoms with Gasteiger partial charge in [-0.25, -0.2) is 4.79 Å². The molecule has 1 saturated heterocycles. The van der Waals surface area contributed by atoms with Crippen LogP contribution < -0.4 is 10.6 Å². The van der Waals surface area contributed by atoms with Crippen molar-refractivity contribution >= 4 is 11.7 Å². The van der Waals surface area contributed by atoms with Gasteiger partial charge < -0.3 is 25.6 Å². The number of phenols is 2. The molecule has 0 bridgehead atoms. The lowest BCUT2D eigenvalue weighted by Crippen LogP contribution is -2.34. The zero-order valence-corrected chi connectivity index (χ0v) is 9.85. The molecular weight excluding hydrogens is 236 g/mol. The summed E-state index contributed by atoms with van der Waals surface area (Å²) in [4.78, 5) is 11.6. The van der Waals surface area contributed by atoms with E-state index in [4.69, 9.17) is 4.74 Å². The average molecular weight is 252 g/mol. The second-order valence-corrected chi connectivity index (χ2v) is 4.21. The van der Waals surface area contributed by atoms with Gasteiger partial charge in [0.2, 0.25) is 0 Å². The number of urea groups is 1. The number of anilines is 1. The van der Waals surface area contributed by atoms with Crippen molar-refractivity contribution in [1.29, 1.82) is 0 Å². The highest BCUT2D eigenvalue weighted by atomic mass is 16.5. The maximum absolute atomic E-state index is 11.6. The second kappa shape index (κ2) is 5.59. The van der Waals surface area contributed by atoms with Gasteiger partial charge in [-0.15, -0.1) is 0 Å². The maximum atomic E-state index is 11.6. The molecule has 6 nitrogen and oxygen atoms in total. The zero-order chi connectivity index (χ0) is 13.0. The first-order chi connectivity index (χ1) is 8.63. The number of carbonyl (C=O) groups excluding carboxylic acids is 1. The van der Waals surface area contributed by atoms with Gasteiger partial charge in [0.05, 0.1) is 6.10 Å². The molecule has 1 heterocycles. The standard InChI is InChI=1S/C12H16N2O4/c15-9-4-8(5-10(16)6-9)14-12(17)13-7-11-2-1-3-18-11/h4-6,11,15-16H,1-3,7H2,(H2,13,14,17). The highest BCUT2D eigenvalue weighted by Gasteiger charge is 2.16. The van der Waals surface area contributed by atoms with Crippen molar-refractivity contribution < 1.29 is 19.7 Å². The van der Waals surface area contributed by atoms with Gasteiger partial charge in [0.15, 0.2) is 0 Å². The van der Waals surface area contributed by atoms with Crippen molar-refractivity contribution in [3.63, 3.8) is 0 Å². The van der Waals surface area contributed by atoms with Crippen molar-refractivity contribution in [3.8, 4) is 11.5 Å².